The Labute approximate surface area is 170 Å². The summed E-state index contributed by atoms with van der Waals surface area (Å²) in [4.78, 5) is 4.95. The first kappa shape index (κ1) is 21.0. The van der Waals surface area contributed by atoms with Crippen molar-refractivity contribution in [2.45, 2.75) is 20.8 Å². The molecule has 0 saturated heterocycles. The molecule has 0 radical (unpaired) electrons. The molecule has 0 amide bonds. The molecule has 0 saturated carbocycles. The summed E-state index contributed by atoms with van der Waals surface area (Å²) >= 11 is 2.64. The Hall–Kier alpha value is -2.26. The molecule has 2 rings (SSSR count). The molecule has 0 atom stereocenters. The van der Waals surface area contributed by atoms with E-state index in [0.29, 0.717) is 4.91 Å². The first-order valence-electron chi connectivity index (χ1n) is 8.78. The molecule has 1 aromatic heterocycles. The maximum atomic E-state index is 9.17. The number of hydrogen-bond acceptors (Lipinski definition) is 5. The van der Waals surface area contributed by atoms with Crippen LogP contribution in [0.5, 0.6) is 0 Å². The third-order valence-corrected chi connectivity index (χ3v) is 6.34. The highest BCUT2D eigenvalue weighted by atomic mass is 32.2. The number of hydrogen-bond donors (Lipinski definition) is 1. The van der Waals surface area contributed by atoms with Gasteiger partial charge in [-0.3, -0.25) is 5.14 Å². The molecule has 3 nitrogen and oxygen atoms in total. The van der Waals surface area contributed by atoms with Crippen molar-refractivity contribution in [2.75, 3.05) is 13.1 Å². The van der Waals surface area contributed by atoms with Crippen molar-refractivity contribution in [2.24, 2.45) is 5.14 Å². The molecular weight excluding hydrogens is 370 g/mol. The monoisotopic (exact) mass is 395 g/mol. The maximum Gasteiger partial charge on any atom is 0.108 e. The minimum absolute atomic E-state index is 0.543. The van der Waals surface area contributed by atoms with Crippen molar-refractivity contribution < 1.29 is 0 Å². The average molecular weight is 396 g/mol. The van der Waals surface area contributed by atoms with E-state index in [1.54, 1.807) is 11.3 Å². The Bertz CT molecular complexity index is 1000. The summed E-state index contributed by atoms with van der Waals surface area (Å²) in [5.74, 6) is 0. The molecule has 0 fully saturated rings. The van der Waals surface area contributed by atoms with E-state index in [2.05, 4.69) is 68.3 Å². The summed E-state index contributed by atoms with van der Waals surface area (Å²) < 4.78 is 0. The second kappa shape index (κ2) is 9.61. The van der Waals surface area contributed by atoms with E-state index in [1.807, 2.05) is 13.0 Å². The molecule has 2 aromatic rings. The quantitative estimate of drug-likeness (QED) is 0.560. The molecule has 0 bridgehead atoms. The van der Waals surface area contributed by atoms with Gasteiger partial charge in [-0.05, 0) is 78.6 Å². The summed E-state index contributed by atoms with van der Waals surface area (Å²) in [5, 5.41) is 16.8. The van der Waals surface area contributed by atoms with Crippen LogP contribution >= 0.6 is 23.3 Å². The number of thiophene rings is 1. The van der Waals surface area contributed by atoms with E-state index in [0.717, 1.165) is 62.1 Å². The second-order valence-corrected chi connectivity index (χ2v) is 7.80. The molecule has 0 unspecified atom stereocenters. The van der Waals surface area contributed by atoms with E-state index >= 15 is 0 Å². The molecule has 1 aromatic carbocycles. The molecule has 140 valence electrons. The second-order valence-electron chi connectivity index (χ2n) is 6.07. The van der Waals surface area contributed by atoms with Crippen molar-refractivity contribution >= 4 is 41.5 Å². The van der Waals surface area contributed by atoms with Crippen LogP contribution in [0.3, 0.4) is 0 Å². The van der Waals surface area contributed by atoms with Crippen LogP contribution < -0.4 is 15.6 Å². The summed E-state index contributed by atoms with van der Waals surface area (Å²) in [5.41, 5.74) is 3.03. The smallest absolute Gasteiger partial charge is 0.108 e. The van der Waals surface area contributed by atoms with Gasteiger partial charge in [-0.1, -0.05) is 25.3 Å². The first-order valence-corrected chi connectivity index (χ1v) is 10.5. The molecule has 0 spiro atoms. The zero-order valence-electron chi connectivity index (χ0n) is 16.1. The van der Waals surface area contributed by atoms with Gasteiger partial charge in [-0.25, -0.2) is 0 Å². The standard InChI is InChI=1S/C22H25N3S2/c1-6-25(7-2)16(4)13-18-8-9-19(12-15(18)3)21-11-10-20(26-21)17(5)22(14-23)27-24/h8-13H,3-4,6-7,24H2,1-2,5H3/b18-13-,22-17+. The minimum atomic E-state index is 0.543. The predicted octanol–water partition coefficient (Wildman–Crippen LogP) is 4.32. The zero-order chi connectivity index (χ0) is 20.0. The molecule has 0 aliphatic carbocycles. The zero-order valence-corrected chi connectivity index (χ0v) is 17.7. The minimum Gasteiger partial charge on any atom is -0.373 e. The number of allylic oxidation sites excluding steroid dienone is 3. The Morgan fingerprint density at radius 1 is 1.30 bits per heavy atom. The van der Waals surface area contributed by atoms with Gasteiger partial charge in [-0.2, -0.15) is 5.26 Å². The molecule has 0 aliphatic rings. The van der Waals surface area contributed by atoms with Crippen molar-refractivity contribution in [1.29, 1.82) is 5.26 Å². The Balaban J connectivity index is 2.37. The fraction of sp³-hybridized carbons (Fsp3) is 0.227. The van der Waals surface area contributed by atoms with Gasteiger partial charge in [0.2, 0.25) is 0 Å². The van der Waals surface area contributed by atoms with E-state index in [4.69, 9.17) is 10.4 Å². The Morgan fingerprint density at radius 3 is 2.56 bits per heavy atom. The normalized spacial score (nSPS) is 12.5. The number of nitrogens with two attached hydrogens (primary N) is 1. The van der Waals surface area contributed by atoms with Crippen LogP contribution in [0.2, 0.25) is 0 Å². The summed E-state index contributed by atoms with van der Waals surface area (Å²) in [6.45, 7) is 16.4. The van der Waals surface area contributed by atoms with Crippen LogP contribution in [0.4, 0.5) is 0 Å². The number of nitriles is 1. The largest absolute Gasteiger partial charge is 0.373 e. The van der Waals surface area contributed by atoms with Crippen molar-refractivity contribution in [3.63, 3.8) is 0 Å². The van der Waals surface area contributed by atoms with Gasteiger partial charge in [0.15, 0.2) is 0 Å². The lowest BCUT2D eigenvalue weighted by Gasteiger charge is -2.20. The SMILES string of the molecule is C=C(/C=c1/ccc(-c2ccc(/C(C)=C(\C#N)SN)s2)cc1=C)N(CC)CC. The Kier molecular flexibility index (Phi) is 7.49. The highest BCUT2D eigenvalue weighted by molar-refractivity contribution is 8.01. The van der Waals surface area contributed by atoms with Gasteiger partial charge in [0, 0.05) is 28.5 Å². The summed E-state index contributed by atoms with van der Waals surface area (Å²) in [7, 11) is 0. The van der Waals surface area contributed by atoms with E-state index in [9.17, 15) is 0 Å². The third kappa shape index (κ3) is 4.92. The van der Waals surface area contributed by atoms with E-state index in [1.165, 1.54) is 0 Å². The van der Waals surface area contributed by atoms with Gasteiger partial charge in [0.05, 0.1) is 0 Å². The van der Waals surface area contributed by atoms with Crippen molar-refractivity contribution in [1.82, 2.24) is 4.90 Å². The molecule has 5 heteroatoms. The van der Waals surface area contributed by atoms with Crippen LogP contribution in [0, 0.1) is 11.3 Å². The number of benzene rings is 1. The van der Waals surface area contributed by atoms with Gasteiger partial charge in [0.1, 0.15) is 11.0 Å². The van der Waals surface area contributed by atoms with Gasteiger partial charge in [-0.15, -0.1) is 11.3 Å². The van der Waals surface area contributed by atoms with Crippen LogP contribution in [-0.4, -0.2) is 18.0 Å². The van der Waals surface area contributed by atoms with Crippen LogP contribution in [0.25, 0.3) is 28.7 Å². The van der Waals surface area contributed by atoms with Gasteiger partial charge >= 0.3 is 0 Å². The van der Waals surface area contributed by atoms with Crippen LogP contribution in [0.15, 0.2) is 47.5 Å². The first-order chi connectivity index (χ1) is 12.9. The van der Waals surface area contributed by atoms with Crippen molar-refractivity contribution in [3.8, 4) is 16.5 Å². The molecule has 1 heterocycles. The lowest BCUT2D eigenvalue weighted by atomic mass is 10.1. The molecule has 0 aliphatic heterocycles. The Morgan fingerprint density at radius 2 is 2.00 bits per heavy atom. The topological polar surface area (TPSA) is 53.1 Å². The fourth-order valence-electron chi connectivity index (χ4n) is 2.81. The van der Waals surface area contributed by atoms with Crippen LogP contribution in [-0.2, 0) is 0 Å². The maximum absolute atomic E-state index is 9.17. The molecule has 27 heavy (non-hydrogen) atoms. The summed E-state index contributed by atoms with van der Waals surface area (Å²) in [6, 6.07) is 12.6. The predicted molar refractivity (Wildman–Crippen MR) is 121 cm³/mol. The highest BCUT2D eigenvalue weighted by Crippen LogP contribution is 2.33. The average Bonchev–Trinajstić information content (AvgIpc) is 3.15. The van der Waals surface area contributed by atoms with Crippen LogP contribution in [0.1, 0.15) is 25.6 Å². The van der Waals surface area contributed by atoms with Gasteiger partial charge in [0.25, 0.3) is 0 Å². The molecule has 2 N–H and O–H groups in total. The number of rotatable bonds is 7. The third-order valence-electron chi connectivity index (χ3n) is 4.45. The number of nitrogens with zero attached hydrogens (tertiary/aromatic N) is 2. The van der Waals surface area contributed by atoms with E-state index in [-0.39, 0.29) is 0 Å². The lowest BCUT2D eigenvalue weighted by molar-refractivity contribution is 0.401. The summed E-state index contributed by atoms with van der Waals surface area (Å²) in [6.07, 6.45) is 2.09. The highest BCUT2D eigenvalue weighted by Gasteiger charge is 2.09. The fourth-order valence-corrected chi connectivity index (χ4v) is 4.22. The lowest BCUT2D eigenvalue weighted by Crippen LogP contribution is -2.26. The molecular formula is C22H25N3S2. The van der Waals surface area contributed by atoms with Gasteiger partial charge < -0.3 is 4.90 Å². The van der Waals surface area contributed by atoms with E-state index < -0.39 is 0 Å². The van der Waals surface area contributed by atoms with Crippen molar-refractivity contribution in [3.05, 3.63) is 62.8 Å².